The van der Waals surface area contributed by atoms with Crippen LogP contribution in [-0.2, 0) is 16.1 Å². The zero-order valence-corrected chi connectivity index (χ0v) is 8.37. The number of halogens is 1. The molecule has 0 bridgehead atoms. The molecule has 0 aliphatic heterocycles. The Morgan fingerprint density at radius 2 is 2.23 bits per heavy atom. The first-order chi connectivity index (χ1) is 6.24. The molecular weight excluding hydrogens is 232 g/mol. The van der Waals surface area contributed by atoms with Gasteiger partial charge in [0, 0.05) is 16.0 Å². The van der Waals surface area contributed by atoms with E-state index in [0.29, 0.717) is 0 Å². The van der Waals surface area contributed by atoms with E-state index >= 15 is 0 Å². The molecule has 0 unspecified atom stereocenters. The molecule has 13 heavy (non-hydrogen) atoms. The Kier molecular flexibility index (Phi) is 3.53. The third-order valence-electron chi connectivity index (χ3n) is 1.43. The van der Waals surface area contributed by atoms with Gasteiger partial charge in [-0.1, -0.05) is 34.1 Å². The van der Waals surface area contributed by atoms with E-state index in [2.05, 4.69) is 15.9 Å². The van der Waals surface area contributed by atoms with Crippen LogP contribution in [0.15, 0.2) is 28.7 Å². The Labute approximate surface area is 85.0 Å². The smallest absolute Gasteiger partial charge is 0.384 e. The van der Waals surface area contributed by atoms with Gasteiger partial charge in [0.25, 0.3) is 0 Å². The van der Waals surface area contributed by atoms with E-state index < -0.39 is 5.97 Å². The summed E-state index contributed by atoms with van der Waals surface area (Å²) in [5.41, 5.74) is 0.895. The maximum Gasteiger partial charge on any atom is 0.384 e. The predicted octanol–water partition coefficient (Wildman–Crippen LogP) is 2.13. The summed E-state index contributed by atoms with van der Waals surface area (Å²) in [5.74, 6) is 1.24. The van der Waals surface area contributed by atoms with Crippen molar-refractivity contribution in [3.05, 3.63) is 34.3 Å². The molecule has 66 valence electrons. The standard InChI is InChI=1S/C10H7BrO2/c1-2-10(12)13-7-8-5-3-4-6-9(8)11/h1,3-6H,7H2. The van der Waals surface area contributed by atoms with Gasteiger partial charge in [0.1, 0.15) is 6.61 Å². The Morgan fingerprint density at radius 3 is 2.85 bits per heavy atom. The summed E-state index contributed by atoms with van der Waals surface area (Å²) in [7, 11) is 0. The fraction of sp³-hybridized carbons (Fsp3) is 0.100. The van der Waals surface area contributed by atoms with Crippen molar-refractivity contribution in [2.75, 3.05) is 0 Å². The van der Waals surface area contributed by atoms with Crippen molar-refractivity contribution in [2.45, 2.75) is 6.61 Å². The SMILES string of the molecule is C#CC(=O)OCc1ccccc1Br. The highest BCUT2D eigenvalue weighted by molar-refractivity contribution is 9.10. The largest absolute Gasteiger partial charge is 0.451 e. The number of rotatable bonds is 2. The van der Waals surface area contributed by atoms with Crippen molar-refractivity contribution in [2.24, 2.45) is 0 Å². The predicted molar refractivity (Wildman–Crippen MR) is 52.8 cm³/mol. The van der Waals surface area contributed by atoms with Gasteiger partial charge in [-0.25, -0.2) is 4.79 Å². The minimum Gasteiger partial charge on any atom is -0.451 e. The Bertz CT molecular complexity index is 352. The molecule has 0 N–H and O–H groups in total. The average Bonchev–Trinajstić information content (AvgIpc) is 2.16. The van der Waals surface area contributed by atoms with Crippen molar-refractivity contribution >= 4 is 21.9 Å². The van der Waals surface area contributed by atoms with Gasteiger partial charge in [-0.05, 0) is 6.07 Å². The first kappa shape index (κ1) is 9.82. The Morgan fingerprint density at radius 1 is 1.54 bits per heavy atom. The van der Waals surface area contributed by atoms with E-state index in [-0.39, 0.29) is 6.61 Å². The molecule has 2 nitrogen and oxygen atoms in total. The van der Waals surface area contributed by atoms with Gasteiger partial charge < -0.3 is 4.74 Å². The quantitative estimate of drug-likeness (QED) is 0.449. The lowest BCUT2D eigenvalue weighted by Gasteiger charge is -2.02. The zero-order chi connectivity index (χ0) is 9.68. The van der Waals surface area contributed by atoms with Crippen LogP contribution in [0.25, 0.3) is 0 Å². The normalized spacial score (nSPS) is 8.92. The van der Waals surface area contributed by atoms with Gasteiger partial charge in [0.2, 0.25) is 0 Å². The molecule has 0 aliphatic rings. The summed E-state index contributed by atoms with van der Waals surface area (Å²) >= 11 is 3.33. The van der Waals surface area contributed by atoms with Crippen LogP contribution in [0.2, 0.25) is 0 Å². The molecule has 0 atom stereocenters. The molecule has 0 amide bonds. The molecule has 3 heteroatoms. The van der Waals surface area contributed by atoms with Gasteiger partial charge in [-0.15, -0.1) is 6.42 Å². The van der Waals surface area contributed by atoms with Crippen LogP contribution in [0.1, 0.15) is 5.56 Å². The van der Waals surface area contributed by atoms with Crippen LogP contribution in [0.3, 0.4) is 0 Å². The molecule has 0 fully saturated rings. The zero-order valence-electron chi connectivity index (χ0n) is 6.79. The highest BCUT2D eigenvalue weighted by atomic mass is 79.9. The van der Waals surface area contributed by atoms with Gasteiger partial charge in [-0.3, -0.25) is 0 Å². The molecule has 1 rings (SSSR count). The first-order valence-electron chi connectivity index (χ1n) is 3.61. The molecule has 0 radical (unpaired) electrons. The van der Waals surface area contributed by atoms with Crippen LogP contribution in [0.4, 0.5) is 0 Å². The summed E-state index contributed by atoms with van der Waals surface area (Å²) in [6, 6.07) is 7.48. The minimum atomic E-state index is -0.643. The molecule has 0 saturated heterocycles. The van der Waals surface area contributed by atoms with Crippen molar-refractivity contribution in [1.82, 2.24) is 0 Å². The molecule has 1 aromatic rings. The Hall–Kier alpha value is -1.27. The molecule has 0 aromatic heterocycles. The first-order valence-corrected chi connectivity index (χ1v) is 4.40. The van der Waals surface area contributed by atoms with E-state index in [4.69, 9.17) is 11.2 Å². The lowest BCUT2D eigenvalue weighted by molar-refractivity contribution is -0.137. The lowest BCUT2D eigenvalue weighted by Crippen LogP contribution is -2.01. The molecule has 0 heterocycles. The third-order valence-corrected chi connectivity index (χ3v) is 2.21. The minimum absolute atomic E-state index is 0.199. The molecule has 0 aliphatic carbocycles. The number of hydrogen-bond acceptors (Lipinski definition) is 2. The van der Waals surface area contributed by atoms with E-state index in [1.54, 1.807) is 0 Å². The van der Waals surface area contributed by atoms with E-state index in [0.717, 1.165) is 10.0 Å². The van der Waals surface area contributed by atoms with Crippen molar-refractivity contribution in [3.63, 3.8) is 0 Å². The monoisotopic (exact) mass is 238 g/mol. The van der Waals surface area contributed by atoms with Crippen LogP contribution < -0.4 is 0 Å². The number of carbonyl (C=O) groups is 1. The maximum absolute atomic E-state index is 10.6. The molecular formula is C10H7BrO2. The van der Waals surface area contributed by atoms with E-state index in [1.165, 1.54) is 0 Å². The van der Waals surface area contributed by atoms with Crippen LogP contribution in [0.5, 0.6) is 0 Å². The van der Waals surface area contributed by atoms with Gasteiger partial charge in [-0.2, -0.15) is 0 Å². The van der Waals surface area contributed by atoms with Crippen LogP contribution >= 0.6 is 15.9 Å². The topological polar surface area (TPSA) is 26.3 Å². The average molecular weight is 239 g/mol. The summed E-state index contributed by atoms with van der Waals surface area (Å²) in [6.07, 6.45) is 4.84. The molecule has 0 spiro atoms. The van der Waals surface area contributed by atoms with Crippen LogP contribution in [-0.4, -0.2) is 5.97 Å². The summed E-state index contributed by atoms with van der Waals surface area (Å²) in [6.45, 7) is 0.199. The van der Waals surface area contributed by atoms with E-state index in [9.17, 15) is 4.79 Å². The highest BCUT2D eigenvalue weighted by Crippen LogP contribution is 2.16. The van der Waals surface area contributed by atoms with Gasteiger partial charge >= 0.3 is 5.97 Å². The summed E-state index contributed by atoms with van der Waals surface area (Å²) in [5, 5.41) is 0. The molecule has 0 saturated carbocycles. The maximum atomic E-state index is 10.6. The summed E-state index contributed by atoms with van der Waals surface area (Å²) in [4.78, 5) is 10.6. The second kappa shape index (κ2) is 4.68. The lowest BCUT2D eigenvalue weighted by atomic mass is 10.2. The second-order valence-corrected chi connectivity index (χ2v) is 3.17. The molecule has 1 aromatic carbocycles. The van der Waals surface area contributed by atoms with Gasteiger partial charge in [0.15, 0.2) is 0 Å². The number of carbonyl (C=O) groups excluding carboxylic acids is 1. The third kappa shape index (κ3) is 2.92. The van der Waals surface area contributed by atoms with Crippen molar-refractivity contribution in [3.8, 4) is 12.3 Å². The number of ether oxygens (including phenoxy) is 1. The summed E-state index contributed by atoms with van der Waals surface area (Å²) < 4.78 is 5.66. The fourth-order valence-electron chi connectivity index (χ4n) is 0.800. The number of benzene rings is 1. The number of esters is 1. The second-order valence-electron chi connectivity index (χ2n) is 2.31. The van der Waals surface area contributed by atoms with E-state index in [1.807, 2.05) is 30.2 Å². The van der Waals surface area contributed by atoms with Crippen molar-refractivity contribution in [1.29, 1.82) is 0 Å². The number of terminal acetylenes is 1. The van der Waals surface area contributed by atoms with Gasteiger partial charge in [0.05, 0.1) is 0 Å². The number of hydrogen-bond donors (Lipinski definition) is 0. The van der Waals surface area contributed by atoms with Crippen molar-refractivity contribution < 1.29 is 9.53 Å². The Balaban J connectivity index is 2.61. The fourth-order valence-corrected chi connectivity index (χ4v) is 1.20. The highest BCUT2D eigenvalue weighted by Gasteiger charge is 2.01. The van der Waals surface area contributed by atoms with Crippen LogP contribution in [0, 0.1) is 12.3 Å².